The molecule has 5 rings (SSSR count). The van der Waals surface area contributed by atoms with Crippen LogP contribution >= 0.6 is 0 Å². The van der Waals surface area contributed by atoms with E-state index in [1.165, 1.54) is 35.3 Å². The Bertz CT molecular complexity index is 843. The summed E-state index contributed by atoms with van der Waals surface area (Å²) in [6.07, 6.45) is 3.52. The molecule has 0 saturated heterocycles. The van der Waals surface area contributed by atoms with E-state index in [9.17, 15) is 4.79 Å². The van der Waals surface area contributed by atoms with Crippen molar-refractivity contribution in [3.63, 3.8) is 0 Å². The molecule has 1 N–H and O–H groups in total. The van der Waals surface area contributed by atoms with Crippen molar-refractivity contribution in [2.45, 2.75) is 44.8 Å². The minimum Gasteiger partial charge on any atom is -0.367 e. The van der Waals surface area contributed by atoms with Crippen LogP contribution in [0.2, 0.25) is 0 Å². The van der Waals surface area contributed by atoms with Crippen LogP contribution < -0.4 is 15.1 Å². The largest absolute Gasteiger partial charge is 0.367 e. The van der Waals surface area contributed by atoms with Crippen molar-refractivity contribution in [2.75, 3.05) is 21.7 Å². The first kappa shape index (κ1) is 14.8. The van der Waals surface area contributed by atoms with Gasteiger partial charge in [0.15, 0.2) is 0 Å². The lowest BCUT2D eigenvalue weighted by atomic mass is 10.1. The average molecular weight is 333 g/mol. The Hall–Kier alpha value is -2.49. The quantitative estimate of drug-likeness (QED) is 0.933. The van der Waals surface area contributed by atoms with Crippen molar-refractivity contribution in [2.24, 2.45) is 0 Å². The maximum Gasteiger partial charge on any atom is 0.246 e. The van der Waals surface area contributed by atoms with Gasteiger partial charge in [-0.3, -0.25) is 4.79 Å². The van der Waals surface area contributed by atoms with Crippen LogP contribution in [0.4, 0.5) is 17.1 Å². The number of carbonyl (C=O) groups excluding carboxylic acids is 1. The van der Waals surface area contributed by atoms with E-state index in [1.54, 1.807) is 0 Å². The molecule has 4 nitrogen and oxygen atoms in total. The molecule has 1 amide bonds. The average Bonchev–Trinajstić information content (AvgIpc) is 3.38. The molecular formula is C21H23N3O. The van der Waals surface area contributed by atoms with Gasteiger partial charge >= 0.3 is 0 Å². The number of nitrogens with one attached hydrogen (secondary N) is 1. The van der Waals surface area contributed by atoms with Crippen LogP contribution in [0, 0.1) is 0 Å². The molecule has 0 aromatic heterocycles. The summed E-state index contributed by atoms with van der Waals surface area (Å²) in [4.78, 5) is 17.0. The number of anilines is 3. The highest BCUT2D eigenvalue weighted by Gasteiger charge is 2.39. The van der Waals surface area contributed by atoms with E-state index in [4.69, 9.17) is 0 Å². The molecule has 4 heteroatoms. The molecule has 0 spiro atoms. The maximum absolute atomic E-state index is 12.2. The molecule has 1 fully saturated rings. The molecule has 1 aliphatic carbocycles. The van der Waals surface area contributed by atoms with Crippen LogP contribution in [0.15, 0.2) is 42.5 Å². The van der Waals surface area contributed by atoms with Gasteiger partial charge in [0, 0.05) is 24.8 Å². The van der Waals surface area contributed by atoms with Crippen molar-refractivity contribution in [1.29, 1.82) is 0 Å². The number of nitrogens with zero attached hydrogens (tertiary/aromatic N) is 2. The first-order chi connectivity index (χ1) is 12.2. The molecule has 3 aliphatic rings. The van der Waals surface area contributed by atoms with E-state index < -0.39 is 0 Å². The molecule has 2 aliphatic heterocycles. The van der Waals surface area contributed by atoms with Crippen LogP contribution in [0.1, 0.15) is 30.9 Å². The van der Waals surface area contributed by atoms with Crippen LogP contribution in [0.3, 0.4) is 0 Å². The molecule has 1 unspecified atom stereocenters. The number of carbonyl (C=O) groups is 1. The third-order valence-electron chi connectivity index (χ3n) is 5.69. The summed E-state index contributed by atoms with van der Waals surface area (Å²) in [6, 6.07) is 15.7. The molecule has 2 aromatic carbocycles. The predicted molar refractivity (Wildman–Crippen MR) is 101 cm³/mol. The second kappa shape index (κ2) is 5.51. The second-order valence-corrected chi connectivity index (χ2v) is 7.46. The Morgan fingerprint density at radius 1 is 1.12 bits per heavy atom. The highest BCUT2D eigenvalue weighted by Crippen LogP contribution is 2.41. The van der Waals surface area contributed by atoms with E-state index in [0.29, 0.717) is 6.04 Å². The molecule has 0 radical (unpaired) electrons. The van der Waals surface area contributed by atoms with Gasteiger partial charge in [0.1, 0.15) is 6.04 Å². The molecular weight excluding hydrogens is 310 g/mol. The highest BCUT2D eigenvalue weighted by molar-refractivity contribution is 6.03. The minimum atomic E-state index is -0.0808. The Morgan fingerprint density at radius 3 is 2.80 bits per heavy atom. The normalized spacial score (nSPS) is 21.8. The van der Waals surface area contributed by atoms with Gasteiger partial charge in [0.25, 0.3) is 0 Å². The Labute approximate surface area is 148 Å². The molecule has 1 atom stereocenters. The monoisotopic (exact) mass is 333 g/mol. The zero-order chi connectivity index (χ0) is 17.0. The summed E-state index contributed by atoms with van der Waals surface area (Å²) in [5.41, 5.74) is 6.27. The van der Waals surface area contributed by atoms with Crippen molar-refractivity contribution < 1.29 is 4.79 Å². The van der Waals surface area contributed by atoms with Gasteiger partial charge in [0.2, 0.25) is 5.91 Å². The van der Waals surface area contributed by atoms with Crippen LogP contribution in [-0.4, -0.2) is 24.5 Å². The lowest BCUT2D eigenvalue weighted by molar-refractivity contribution is -0.117. The van der Waals surface area contributed by atoms with Gasteiger partial charge in [0.05, 0.1) is 11.4 Å². The van der Waals surface area contributed by atoms with E-state index in [1.807, 2.05) is 6.92 Å². The third kappa shape index (κ3) is 2.48. The van der Waals surface area contributed by atoms with Gasteiger partial charge in [-0.1, -0.05) is 24.3 Å². The smallest absolute Gasteiger partial charge is 0.246 e. The van der Waals surface area contributed by atoms with Crippen LogP contribution in [-0.2, 0) is 17.8 Å². The number of hydrogen-bond donors (Lipinski definition) is 1. The first-order valence-corrected chi connectivity index (χ1v) is 9.26. The number of para-hydroxylation sites is 1. The Kier molecular flexibility index (Phi) is 3.27. The van der Waals surface area contributed by atoms with E-state index >= 15 is 0 Å². The molecule has 0 bridgehead atoms. The summed E-state index contributed by atoms with van der Waals surface area (Å²) in [5, 5.41) is 3.06. The summed E-state index contributed by atoms with van der Waals surface area (Å²) < 4.78 is 0. The topological polar surface area (TPSA) is 35.6 Å². The summed E-state index contributed by atoms with van der Waals surface area (Å²) in [5.74, 6) is 0.112. The van der Waals surface area contributed by atoms with Crippen molar-refractivity contribution in [3.05, 3.63) is 53.6 Å². The van der Waals surface area contributed by atoms with E-state index in [-0.39, 0.29) is 11.9 Å². The molecule has 2 aromatic rings. The number of amides is 1. The lowest BCUT2D eigenvalue weighted by Crippen LogP contribution is -2.47. The maximum atomic E-state index is 12.2. The molecule has 2 heterocycles. The highest BCUT2D eigenvalue weighted by atomic mass is 16.2. The van der Waals surface area contributed by atoms with Gasteiger partial charge in [-0.05, 0) is 55.5 Å². The number of rotatable bonds is 3. The minimum absolute atomic E-state index is 0.0808. The molecule has 128 valence electrons. The van der Waals surface area contributed by atoms with Crippen molar-refractivity contribution >= 4 is 23.0 Å². The molecule has 25 heavy (non-hydrogen) atoms. The van der Waals surface area contributed by atoms with Crippen molar-refractivity contribution in [3.8, 4) is 0 Å². The first-order valence-electron chi connectivity index (χ1n) is 9.26. The fraction of sp³-hybridized carbons (Fsp3) is 0.381. The summed E-state index contributed by atoms with van der Waals surface area (Å²) in [7, 11) is 0. The standard InChI is InChI=1S/C21H23N3O/c1-14-21(25)22-18-9-6-15(12-20(18)24(14)17-7-8-17)13-23-11-10-16-4-2-3-5-19(16)23/h2-6,9,12,14,17H,7-8,10-11,13H2,1H3,(H,22,25). The van der Waals surface area contributed by atoms with Gasteiger partial charge in [-0.2, -0.15) is 0 Å². The number of fused-ring (bicyclic) bond motifs is 2. The van der Waals surface area contributed by atoms with Crippen LogP contribution in [0.25, 0.3) is 0 Å². The van der Waals surface area contributed by atoms with E-state index in [0.717, 1.165) is 25.2 Å². The zero-order valence-corrected chi connectivity index (χ0v) is 14.5. The zero-order valence-electron chi connectivity index (χ0n) is 14.5. The number of benzene rings is 2. The fourth-order valence-electron chi connectivity index (χ4n) is 4.22. The predicted octanol–water partition coefficient (Wildman–Crippen LogP) is 3.56. The third-order valence-corrected chi connectivity index (χ3v) is 5.69. The molecule has 1 saturated carbocycles. The van der Waals surface area contributed by atoms with Crippen LogP contribution in [0.5, 0.6) is 0 Å². The Morgan fingerprint density at radius 2 is 1.96 bits per heavy atom. The SMILES string of the molecule is CC1C(=O)Nc2ccc(CN3CCc4ccccc43)cc2N1C1CC1. The van der Waals surface area contributed by atoms with Crippen molar-refractivity contribution in [1.82, 2.24) is 0 Å². The number of hydrogen-bond acceptors (Lipinski definition) is 3. The Balaban J connectivity index is 1.46. The summed E-state index contributed by atoms with van der Waals surface area (Å²) >= 11 is 0. The van der Waals surface area contributed by atoms with Gasteiger partial charge in [-0.25, -0.2) is 0 Å². The van der Waals surface area contributed by atoms with E-state index in [2.05, 4.69) is 57.6 Å². The fourth-order valence-corrected chi connectivity index (χ4v) is 4.22. The summed E-state index contributed by atoms with van der Waals surface area (Å²) in [6.45, 7) is 4.01. The van der Waals surface area contributed by atoms with Gasteiger partial charge < -0.3 is 15.1 Å². The second-order valence-electron chi connectivity index (χ2n) is 7.46. The van der Waals surface area contributed by atoms with Gasteiger partial charge in [-0.15, -0.1) is 0 Å². The lowest BCUT2D eigenvalue weighted by Gasteiger charge is -2.37.